The van der Waals surface area contributed by atoms with Crippen LogP contribution >= 0.6 is 11.3 Å². The molecule has 1 aliphatic carbocycles. The van der Waals surface area contributed by atoms with Gasteiger partial charge in [0.2, 0.25) is 0 Å². The summed E-state index contributed by atoms with van der Waals surface area (Å²) in [5.41, 5.74) is 7.71. The van der Waals surface area contributed by atoms with Crippen LogP contribution in [0.3, 0.4) is 0 Å². The fourth-order valence-corrected chi connectivity index (χ4v) is 5.20. The SMILES string of the molecule is CC1CN(Cc2nc(N)c3c4c(sc3n2)CCCC4)CC(C)O1. The highest BCUT2D eigenvalue weighted by atomic mass is 32.1. The first-order chi connectivity index (χ1) is 11.1. The Morgan fingerprint density at radius 1 is 1.17 bits per heavy atom. The summed E-state index contributed by atoms with van der Waals surface area (Å²) in [6, 6.07) is 0. The summed E-state index contributed by atoms with van der Waals surface area (Å²) < 4.78 is 5.80. The number of nitrogens with two attached hydrogens (primary N) is 1. The second kappa shape index (κ2) is 6.00. The Hall–Kier alpha value is -1.24. The van der Waals surface area contributed by atoms with E-state index in [1.807, 2.05) is 11.3 Å². The monoisotopic (exact) mass is 332 g/mol. The van der Waals surface area contributed by atoms with Gasteiger partial charge in [-0.15, -0.1) is 11.3 Å². The minimum absolute atomic E-state index is 0.258. The number of anilines is 1. The Balaban J connectivity index is 1.63. The van der Waals surface area contributed by atoms with Gasteiger partial charge in [0.25, 0.3) is 0 Å². The number of aryl methyl sites for hydroxylation is 2. The average molecular weight is 332 g/mol. The maximum Gasteiger partial charge on any atom is 0.146 e. The van der Waals surface area contributed by atoms with Crippen molar-refractivity contribution in [2.75, 3.05) is 18.8 Å². The minimum Gasteiger partial charge on any atom is -0.383 e. The van der Waals surface area contributed by atoms with Gasteiger partial charge >= 0.3 is 0 Å². The number of fused-ring (bicyclic) bond motifs is 3. The van der Waals surface area contributed by atoms with Crippen LogP contribution in [0.2, 0.25) is 0 Å². The molecule has 1 saturated heterocycles. The van der Waals surface area contributed by atoms with E-state index in [1.54, 1.807) is 0 Å². The van der Waals surface area contributed by atoms with Crippen LogP contribution in [0.1, 0.15) is 43.0 Å². The number of hydrogen-bond donors (Lipinski definition) is 1. The number of ether oxygens (including phenoxy) is 1. The highest BCUT2D eigenvalue weighted by Crippen LogP contribution is 2.37. The van der Waals surface area contributed by atoms with Crippen molar-refractivity contribution in [3.05, 3.63) is 16.3 Å². The molecule has 0 saturated carbocycles. The smallest absolute Gasteiger partial charge is 0.146 e. The summed E-state index contributed by atoms with van der Waals surface area (Å²) in [5.74, 6) is 1.51. The summed E-state index contributed by atoms with van der Waals surface area (Å²) in [5, 5.41) is 1.12. The maximum absolute atomic E-state index is 6.30. The predicted molar refractivity (Wildman–Crippen MR) is 93.8 cm³/mol. The molecular formula is C17H24N4OS. The third kappa shape index (κ3) is 2.95. The average Bonchev–Trinajstić information content (AvgIpc) is 2.84. The molecule has 124 valence electrons. The number of nitrogen functional groups attached to an aromatic ring is 1. The number of rotatable bonds is 2. The number of hydrogen-bond acceptors (Lipinski definition) is 6. The molecule has 0 amide bonds. The van der Waals surface area contributed by atoms with E-state index >= 15 is 0 Å². The Bertz CT molecular complexity index is 719. The molecule has 1 aliphatic heterocycles. The molecule has 0 aromatic carbocycles. The predicted octanol–water partition coefficient (Wildman–Crippen LogP) is 2.76. The van der Waals surface area contributed by atoms with Crippen molar-refractivity contribution in [2.45, 2.75) is 58.3 Å². The second-order valence-corrected chi connectivity index (χ2v) is 7.95. The molecule has 1 fully saturated rings. The van der Waals surface area contributed by atoms with Gasteiger partial charge in [-0.2, -0.15) is 0 Å². The Kier molecular flexibility index (Phi) is 3.99. The Morgan fingerprint density at radius 3 is 2.70 bits per heavy atom. The molecule has 23 heavy (non-hydrogen) atoms. The van der Waals surface area contributed by atoms with Gasteiger partial charge in [0, 0.05) is 18.0 Å². The lowest BCUT2D eigenvalue weighted by Crippen LogP contribution is -2.45. The molecule has 2 atom stereocenters. The van der Waals surface area contributed by atoms with Crippen molar-refractivity contribution in [2.24, 2.45) is 0 Å². The summed E-state index contributed by atoms with van der Waals surface area (Å²) in [7, 11) is 0. The van der Waals surface area contributed by atoms with Gasteiger partial charge in [0.1, 0.15) is 16.5 Å². The first-order valence-electron chi connectivity index (χ1n) is 8.54. The Morgan fingerprint density at radius 2 is 1.91 bits per heavy atom. The fraction of sp³-hybridized carbons (Fsp3) is 0.647. The van der Waals surface area contributed by atoms with E-state index in [9.17, 15) is 0 Å². The van der Waals surface area contributed by atoms with Crippen LogP contribution in [0.25, 0.3) is 10.2 Å². The summed E-state index contributed by atoms with van der Waals surface area (Å²) in [6.45, 7) is 6.84. The normalized spacial score (nSPS) is 25.7. The van der Waals surface area contributed by atoms with Crippen LogP contribution in [0.15, 0.2) is 0 Å². The van der Waals surface area contributed by atoms with Crippen LogP contribution in [0.4, 0.5) is 5.82 Å². The zero-order valence-corrected chi connectivity index (χ0v) is 14.7. The summed E-state index contributed by atoms with van der Waals surface area (Å²) >= 11 is 1.82. The third-order valence-electron chi connectivity index (χ3n) is 4.75. The molecule has 0 spiro atoms. The lowest BCUT2D eigenvalue weighted by atomic mass is 9.97. The zero-order valence-electron chi connectivity index (χ0n) is 13.8. The fourth-order valence-electron chi connectivity index (χ4n) is 3.92. The molecule has 0 bridgehead atoms. The zero-order chi connectivity index (χ0) is 16.0. The number of thiophene rings is 1. The van der Waals surface area contributed by atoms with Crippen molar-refractivity contribution >= 4 is 27.4 Å². The van der Waals surface area contributed by atoms with Crippen LogP contribution in [0.5, 0.6) is 0 Å². The Labute approximate surface area is 140 Å². The lowest BCUT2D eigenvalue weighted by Gasteiger charge is -2.34. The van der Waals surface area contributed by atoms with Crippen molar-refractivity contribution in [3.8, 4) is 0 Å². The molecule has 2 aliphatic rings. The highest BCUT2D eigenvalue weighted by Gasteiger charge is 2.24. The first kappa shape index (κ1) is 15.3. The largest absolute Gasteiger partial charge is 0.383 e. The van der Waals surface area contributed by atoms with Gasteiger partial charge < -0.3 is 10.5 Å². The van der Waals surface area contributed by atoms with E-state index < -0.39 is 0 Å². The lowest BCUT2D eigenvalue weighted by molar-refractivity contribution is -0.0710. The molecule has 5 nitrogen and oxygen atoms in total. The molecule has 6 heteroatoms. The minimum atomic E-state index is 0.258. The van der Waals surface area contributed by atoms with Gasteiger partial charge in [0.05, 0.1) is 24.1 Å². The standard InChI is InChI=1S/C17H24N4OS/c1-10-7-21(8-11(2)22-10)9-14-19-16(18)15-12-5-3-4-6-13(12)23-17(15)20-14/h10-11H,3-9H2,1-2H3,(H2,18,19,20). The number of nitrogens with zero attached hydrogens (tertiary/aromatic N) is 3. The van der Waals surface area contributed by atoms with Crippen LogP contribution in [0, 0.1) is 0 Å². The van der Waals surface area contributed by atoms with Gasteiger partial charge in [-0.3, -0.25) is 4.90 Å². The van der Waals surface area contributed by atoms with Crippen molar-refractivity contribution < 1.29 is 4.74 Å². The van der Waals surface area contributed by atoms with Crippen molar-refractivity contribution in [3.63, 3.8) is 0 Å². The summed E-state index contributed by atoms with van der Waals surface area (Å²) in [4.78, 5) is 14.4. The molecule has 0 radical (unpaired) electrons. The van der Waals surface area contributed by atoms with E-state index in [0.717, 1.165) is 42.1 Å². The topological polar surface area (TPSA) is 64.3 Å². The van der Waals surface area contributed by atoms with Crippen LogP contribution < -0.4 is 5.73 Å². The van der Waals surface area contributed by atoms with Crippen molar-refractivity contribution in [1.82, 2.24) is 14.9 Å². The van der Waals surface area contributed by atoms with E-state index in [0.29, 0.717) is 5.82 Å². The quantitative estimate of drug-likeness (QED) is 0.916. The highest BCUT2D eigenvalue weighted by molar-refractivity contribution is 7.19. The third-order valence-corrected chi connectivity index (χ3v) is 5.93. The molecule has 2 N–H and O–H groups in total. The van der Waals surface area contributed by atoms with Crippen LogP contribution in [-0.4, -0.2) is 40.2 Å². The van der Waals surface area contributed by atoms with E-state index in [2.05, 4.69) is 23.7 Å². The molecule has 2 aromatic heterocycles. The van der Waals surface area contributed by atoms with Gasteiger partial charge in [-0.05, 0) is 45.1 Å². The molecule has 2 aromatic rings. The first-order valence-corrected chi connectivity index (χ1v) is 9.36. The molecule has 3 heterocycles. The van der Waals surface area contributed by atoms with Gasteiger partial charge in [-0.1, -0.05) is 0 Å². The van der Waals surface area contributed by atoms with Gasteiger partial charge in [0.15, 0.2) is 0 Å². The van der Waals surface area contributed by atoms with Crippen LogP contribution in [-0.2, 0) is 24.1 Å². The molecular weight excluding hydrogens is 308 g/mol. The number of aromatic nitrogens is 2. The van der Waals surface area contributed by atoms with E-state index in [1.165, 1.54) is 29.7 Å². The maximum atomic E-state index is 6.30. The molecule has 4 rings (SSSR count). The van der Waals surface area contributed by atoms with E-state index in [4.69, 9.17) is 15.5 Å². The van der Waals surface area contributed by atoms with Gasteiger partial charge in [-0.25, -0.2) is 9.97 Å². The second-order valence-electron chi connectivity index (χ2n) is 6.87. The molecule has 2 unspecified atom stereocenters. The van der Waals surface area contributed by atoms with Crippen molar-refractivity contribution in [1.29, 1.82) is 0 Å². The number of morpholine rings is 1. The summed E-state index contributed by atoms with van der Waals surface area (Å²) in [6.07, 6.45) is 5.35. The van der Waals surface area contributed by atoms with E-state index in [-0.39, 0.29) is 12.2 Å².